The first-order valence-electron chi connectivity index (χ1n) is 9.43. The molecule has 2 aromatic rings. The molecule has 2 amide bonds. The maximum absolute atomic E-state index is 13.6. The van der Waals surface area contributed by atoms with Gasteiger partial charge in [-0.15, -0.1) is 0 Å². The summed E-state index contributed by atoms with van der Waals surface area (Å²) >= 11 is 0. The Hall–Kier alpha value is -3.22. The van der Waals surface area contributed by atoms with E-state index < -0.39 is 24.3 Å². The lowest BCUT2D eigenvalue weighted by molar-refractivity contribution is -0.151. The molecule has 6 nitrogen and oxygen atoms in total. The van der Waals surface area contributed by atoms with Gasteiger partial charge in [0.1, 0.15) is 5.82 Å². The summed E-state index contributed by atoms with van der Waals surface area (Å²) in [6, 6.07) is 13.2. The molecule has 0 heterocycles. The highest BCUT2D eigenvalue weighted by molar-refractivity contribution is 5.95. The van der Waals surface area contributed by atoms with Crippen LogP contribution in [0.3, 0.4) is 0 Å². The Bertz CT molecular complexity index is 869. The van der Waals surface area contributed by atoms with E-state index in [9.17, 15) is 18.8 Å². The Morgan fingerprint density at radius 1 is 1.07 bits per heavy atom. The van der Waals surface area contributed by atoms with Gasteiger partial charge in [-0.2, -0.15) is 0 Å². The highest BCUT2D eigenvalue weighted by Gasteiger charge is 2.19. The van der Waals surface area contributed by atoms with Crippen LogP contribution in [-0.2, 0) is 25.5 Å². The molecule has 0 bridgehead atoms. The van der Waals surface area contributed by atoms with Gasteiger partial charge in [0, 0.05) is 12.2 Å². The van der Waals surface area contributed by atoms with Crippen LogP contribution in [0.4, 0.5) is 10.1 Å². The molecule has 0 unspecified atom stereocenters. The van der Waals surface area contributed by atoms with Crippen LogP contribution in [0.5, 0.6) is 0 Å². The van der Waals surface area contributed by atoms with E-state index in [1.54, 1.807) is 12.1 Å². The van der Waals surface area contributed by atoms with E-state index >= 15 is 0 Å². The molecular weight excluding hydrogens is 375 g/mol. The van der Waals surface area contributed by atoms with E-state index in [4.69, 9.17) is 4.74 Å². The van der Waals surface area contributed by atoms with Crippen molar-refractivity contribution < 1.29 is 23.5 Å². The number of anilines is 1. The fourth-order valence-electron chi connectivity index (χ4n) is 2.72. The van der Waals surface area contributed by atoms with Crippen molar-refractivity contribution in [3.8, 4) is 0 Å². The predicted octanol–water partition coefficient (Wildman–Crippen LogP) is 3.10. The van der Waals surface area contributed by atoms with Crippen LogP contribution in [0.25, 0.3) is 0 Å². The molecule has 0 aromatic heterocycles. The van der Waals surface area contributed by atoms with Crippen molar-refractivity contribution >= 4 is 23.5 Å². The first-order valence-corrected chi connectivity index (χ1v) is 9.43. The van der Waals surface area contributed by atoms with Crippen molar-refractivity contribution in [1.29, 1.82) is 0 Å². The third kappa shape index (κ3) is 7.03. The third-order valence-corrected chi connectivity index (χ3v) is 4.25. The number of amides is 2. The SMILES string of the molecule is CCCN(CC(=O)Nc1ccccc1C)C(=O)COC(=O)Cc1ccccc1F. The molecule has 154 valence electrons. The van der Waals surface area contributed by atoms with Crippen LogP contribution in [0.15, 0.2) is 48.5 Å². The second-order valence-corrected chi connectivity index (χ2v) is 6.61. The monoisotopic (exact) mass is 400 g/mol. The molecule has 2 rings (SSSR count). The van der Waals surface area contributed by atoms with Crippen LogP contribution in [-0.4, -0.2) is 42.4 Å². The summed E-state index contributed by atoms with van der Waals surface area (Å²) in [5.74, 6) is -2.02. The summed E-state index contributed by atoms with van der Waals surface area (Å²) in [5.41, 5.74) is 1.79. The maximum Gasteiger partial charge on any atom is 0.310 e. The fourth-order valence-corrected chi connectivity index (χ4v) is 2.72. The Kier molecular flexibility index (Phi) is 8.33. The molecule has 2 aromatic carbocycles. The van der Waals surface area contributed by atoms with Gasteiger partial charge in [-0.25, -0.2) is 4.39 Å². The zero-order valence-electron chi connectivity index (χ0n) is 16.6. The van der Waals surface area contributed by atoms with Gasteiger partial charge in [0.05, 0.1) is 13.0 Å². The quantitative estimate of drug-likeness (QED) is 0.657. The van der Waals surface area contributed by atoms with Crippen molar-refractivity contribution in [2.45, 2.75) is 26.7 Å². The first-order chi connectivity index (χ1) is 13.9. The number of hydrogen-bond donors (Lipinski definition) is 1. The van der Waals surface area contributed by atoms with Gasteiger partial charge in [-0.05, 0) is 36.6 Å². The van der Waals surface area contributed by atoms with Crippen LogP contribution in [0.1, 0.15) is 24.5 Å². The number of para-hydroxylation sites is 1. The van der Waals surface area contributed by atoms with Crippen molar-refractivity contribution in [1.82, 2.24) is 4.90 Å². The summed E-state index contributed by atoms with van der Waals surface area (Å²) in [6.45, 7) is 3.46. The minimum absolute atomic E-state index is 0.147. The summed E-state index contributed by atoms with van der Waals surface area (Å²) in [6.07, 6.45) is 0.383. The number of nitrogens with one attached hydrogen (secondary N) is 1. The van der Waals surface area contributed by atoms with Crippen molar-refractivity contribution in [3.63, 3.8) is 0 Å². The van der Waals surface area contributed by atoms with Crippen molar-refractivity contribution in [3.05, 3.63) is 65.5 Å². The van der Waals surface area contributed by atoms with E-state index in [1.807, 2.05) is 32.0 Å². The van der Waals surface area contributed by atoms with Gasteiger partial charge in [-0.3, -0.25) is 14.4 Å². The van der Waals surface area contributed by atoms with Crippen molar-refractivity contribution in [2.24, 2.45) is 0 Å². The zero-order chi connectivity index (χ0) is 21.2. The van der Waals surface area contributed by atoms with Gasteiger partial charge < -0.3 is 15.0 Å². The minimum Gasteiger partial charge on any atom is -0.455 e. The van der Waals surface area contributed by atoms with Crippen LogP contribution in [0.2, 0.25) is 0 Å². The number of nitrogens with zero attached hydrogens (tertiary/aromatic N) is 1. The number of esters is 1. The number of aryl methyl sites for hydroxylation is 1. The number of ether oxygens (including phenoxy) is 1. The smallest absolute Gasteiger partial charge is 0.310 e. The standard InChI is InChI=1S/C22H25FN2O4/c1-3-12-25(14-20(26)24-19-11-7-4-8-16(19)2)21(27)15-29-22(28)13-17-9-5-6-10-18(17)23/h4-11H,3,12-15H2,1-2H3,(H,24,26). The number of hydrogen-bond acceptors (Lipinski definition) is 4. The van der Waals surface area contributed by atoms with Gasteiger partial charge in [0.2, 0.25) is 5.91 Å². The van der Waals surface area contributed by atoms with E-state index in [1.165, 1.54) is 23.1 Å². The lowest BCUT2D eigenvalue weighted by atomic mass is 10.1. The van der Waals surface area contributed by atoms with Gasteiger partial charge >= 0.3 is 5.97 Å². The number of carbonyl (C=O) groups excluding carboxylic acids is 3. The van der Waals surface area contributed by atoms with Crippen molar-refractivity contribution in [2.75, 3.05) is 25.0 Å². The van der Waals surface area contributed by atoms with E-state index in [2.05, 4.69) is 5.32 Å². The van der Waals surface area contributed by atoms with Gasteiger partial charge in [-0.1, -0.05) is 43.3 Å². The van der Waals surface area contributed by atoms with E-state index in [-0.39, 0.29) is 24.4 Å². The molecule has 0 saturated carbocycles. The Labute approximate surface area is 169 Å². The number of benzene rings is 2. The second-order valence-electron chi connectivity index (χ2n) is 6.61. The summed E-state index contributed by atoms with van der Waals surface area (Å²) < 4.78 is 18.6. The summed E-state index contributed by atoms with van der Waals surface area (Å²) in [5, 5.41) is 2.78. The van der Waals surface area contributed by atoms with Crippen LogP contribution >= 0.6 is 0 Å². The highest BCUT2D eigenvalue weighted by Crippen LogP contribution is 2.13. The third-order valence-electron chi connectivity index (χ3n) is 4.25. The zero-order valence-corrected chi connectivity index (χ0v) is 16.6. The lowest BCUT2D eigenvalue weighted by Crippen LogP contribution is -2.41. The molecule has 0 fully saturated rings. The number of carbonyl (C=O) groups is 3. The molecule has 0 aliphatic carbocycles. The average Bonchev–Trinajstić information content (AvgIpc) is 2.69. The Balaban J connectivity index is 1.88. The molecule has 7 heteroatoms. The van der Waals surface area contributed by atoms with E-state index in [0.29, 0.717) is 18.7 Å². The summed E-state index contributed by atoms with van der Waals surface area (Å²) in [4.78, 5) is 38.0. The van der Waals surface area contributed by atoms with Crippen LogP contribution < -0.4 is 5.32 Å². The van der Waals surface area contributed by atoms with E-state index in [0.717, 1.165) is 5.56 Å². The number of halogens is 1. The predicted molar refractivity (Wildman–Crippen MR) is 108 cm³/mol. The fraction of sp³-hybridized carbons (Fsp3) is 0.318. The Morgan fingerprint density at radius 2 is 1.76 bits per heavy atom. The largest absolute Gasteiger partial charge is 0.455 e. The lowest BCUT2D eigenvalue weighted by Gasteiger charge is -2.21. The molecule has 0 radical (unpaired) electrons. The molecule has 0 saturated heterocycles. The molecular formula is C22H25FN2O4. The molecule has 29 heavy (non-hydrogen) atoms. The topological polar surface area (TPSA) is 75.7 Å². The van der Waals surface area contributed by atoms with Gasteiger partial charge in [0.15, 0.2) is 6.61 Å². The minimum atomic E-state index is -0.704. The average molecular weight is 400 g/mol. The first kappa shape index (κ1) is 22.1. The second kappa shape index (κ2) is 10.9. The van der Waals surface area contributed by atoms with Crippen LogP contribution in [0, 0.1) is 12.7 Å². The van der Waals surface area contributed by atoms with Gasteiger partial charge in [0.25, 0.3) is 5.91 Å². The molecule has 0 spiro atoms. The number of rotatable bonds is 9. The molecule has 0 aliphatic rings. The molecule has 1 N–H and O–H groups in total. The Morgan fingerprint density at radius 3 is 2.45 bits per heavy atom. The molecule has 0 aliphatic heterocycles. The molecule has 0 atom stereocenters. The normalized spacial score (nSPS) is 10.3. The maximum atomic E-state index is 13.6. The highest BCUT2D eigenvalue weighted by atomic mass is 19.1. The summed E-state index contributed by atoms with van der Waals surface area (Å²) in [7, 11) is 0.